The summed E-state index contributed by atoms with van der Waals surface area (Å²) in [4.78, 5) is 12.9. The zero-order chi connectivity index (χ0) is 25.8. The molecule has 3 rings (SSSR count). The van der Waals surface area contributed by atoms with Crippen LogP contribution in [-0.4, -0.2) is 26.7 Å². The SMILES string of the molecule is C=C(C)C(=O)OCCCCCCSc1ccc(S(=O)(=O)c2cccc(/C=C/c3ccccc3)c2)cc1. The summed E-state index contributed by atoms with van der Waals surface area (Å²) in [6, 6.07) is 24.0. The van der Waals surface area contributed by atoms with Crippen molar-refractivity contribution >= 4 is 39.7 Å². The summed E-state index contributed by atoms with van der Waals surface area (Å²) in [7, 11) is -3.60. The molecule has 4 nitrogen and oxygen atoms in total. The van der Waals surface area contributed by atoms with Gasteiger partial charge in [-0.05, 0) is 73.0 Å². The van der Waals surface area contributed by atoms with Crippen molar-refractivity contribution in [2.45, 2.75) is 47.3 Å². The Morgan fingerprint density at radius 3 is 2.22 bits per heavy atom. The van der Waals surface area contributed by atoms with Gasteiger partial charge in [0.25, 0.3) is 0 Å². The minimum absolute atomic E-state index is 0.284. The van der Waals surface area contributed by atoms with Crippen LogP contribution in [0, 0.1) is 0 Å². The number of hydrogen-bond donors (Lipinski definition) is 0. The van der Waals surface area contributed by atoms with E-state index in [1.165, 1.54) is 0 Å². The number of hydrogen-bond acceptors (Lipinski definition) is 5. The fourth-order valence-electron chi connectivity index (χ4n) is 3.43. The summed E-state index contributed by atoms with van der Waals surface area (Å²) in [6.45, 7) is 5.64. The Labute approximate surface area is 219 Å². The first-order chi connectivity index (χ1) is 17.4. The average Bonchev–Trinajstić information content (AvgIpc) is 2.90. The standard InChI is InChI=1S/C30H32O4S2/c1-24(2)30(31)34-21-8-3-4-9-22-35-27-17-19-28(20-18-27)36(32,33)29-14-10-13-26(23-29)16-15-25-11-6-5-7-12-25/h5-7,10-20,23H,1,3-4,8-9,21-22H2,2H3/b16-15+. The lowest BCUT2D eigenvalue weighted by Crippen LogP contribution is -2.06. The maximum Gasteiger partial charge on any atom is 0.333 e. The van der Waals surface area contributed by atoms with Crippen LogP contribution in [0.3, 0.4) is 0 Å². The zero-order valence-corrected chi connectivity index (χ0v) is 22.2. The lowest BCUT2D eigenvalue weighted by atomic mass is 10.1. The third-order valence-electron chi connectivity index (χ3n) is 5.46. The molecule has 0 saturated carbocycles. The van der Waals surface area contributed by atoms with E-state index >= 15 is 0 Å². The summed E-state index contributed by atoms with van der Waals surface area (Å²) < 4.78 is 31.4. The molecule has 6 heteroatoms. The van der Waals surface area contributed by atoms with E-state index in [9.17, 15) is 13.2 Å². The highest BCUT2D eigenvalue weighted by molar-refractivity contribution is 7.99. The van der Waals surface area contributed by atoms with Crippen molar-refractivity contribution in [1.29, 1.82) is 0 Å². The van der Waals surface area contributed by atoms with E-state index in [1.807, 2.05) is 60.7 Å². The lowest BCUT2D eigenvalue weighted by molar-refractivity contribution is -0.139. The normalized spacial score (nSPS) is 11.5. The Bertz CT molecular complexity index is 1280. The van der Waals surface area contributed by atoms with Gasteiger partial charge >= 0.3 is 5.97 Å². The van der Waals surface area contributed by atoms with Gasteiger partial charge < -0.3 is 4.74 Å². The van der Waals surface area contributed by atoms with Crippen LogP contribution in [0.15, 0.2) is 106 Å². The summed E-state index contributed by atoms with van der Waals surface area (Å²) in [5.41, 5.74) is 2.32. The maximum atomic E-state index is 13.2. The quantitative estimate of drug-likeness (QED) is 0.0769. The Morgan fingerprint density at radius 2 is 1.50 bits per heavy atom. The van der Waals surface area contributed by atoms with Crippen LogP contribution in [0.1, 0.15) is 43.7 Å². The highest BCUT2D eigenvalue weighted by Gasteiger charge is 2.17. The van der Waals surface area contributed by atoms with Crippen LogP contribution in [0.4, 0.5) is 0 Å². The molecule has 3 aromatic rings. The molecule has 0 fully saturated rings. The van der Waals surface area contributed by atoms with Crippen LogP contribution < -0.4 is 0 Å². The number of benzene rings is 3. The van der Waals surface area contributed by atoms with Crippen LogP contribution in [0.2, 0.25) is 0 Å². The molecule has 0 atom stereocenters. The van der Waals surface area contributed by atoms with Crippen molar-refractivity contribution in [2.24, 2.45) is 0 Å². The van der Waals surface area contributed by atoms with Gasteiger partial charge in [-0.25, -0.2) is 13.2 Å². The number of sulfone groups is 1. The zero-order valence-electron chi connectivity index (χ0n) is 20.6. The highest BCUT2D eigenvalue weighted by atomic mass is 32.2. The Balaban J connectivity index is 1.48. The molecule has 0 saturated heterocycles. The van der Waals surface area contributed by atoms with Crippen LogP contribution in [0.25, 0.3) is 12.2 Å². The first-order valence-corrected chi connectivity index (χ1v) is 14.5. The van der Waals surface area contributed by atoms with Gasteiger partial charge in [-0.2, -0.15) is 0 Å². The Hall–Kier alpha value is -3.09. The van der Waals surface area contributed by atoms with Crippen molar-refractivity contribution in [1.82, 2.24) is 0 Å². The van der Waals surface area contributed by atoms with E-state index in [0.29, 0.717) is 17.1 Å². The van der Waals surface area contributed by atoms with E-state index < -0.39 is 9.84 Å². The molecule has 0 spiro atoms. The second kappa shape index (κ2) is 13.9. The van der Waals surface area contributed by atoms with Crippen molar-refractivity contribution < 1.29 is 17.9 Å². The first kappa shape index (κ1) is 27.5. The van der Waals surface area contributed by atoms with Crippen molar-refractivity contribution in [3.8, 4) is 0 Å². The van der Waals surface area contributed by atoms with E-state index in [1.54, 1.807) is 49.0 Å². The third-order valence-corrected chi connectivity index (χ3v) is 8.32. The number of carbonyl (C=O) groups excluding carboxylic acids is 1. The van der Waals surface area contributed by atoms with Gasteiger partial charge in [0.15, 0.2) is 0 Å². The van der Waals surface area contributed by atoms with E-state index in [0.717, 1.165) is 47.5 Å². The summed E-state index contributed by atoms with van der Waals surface area (Å²) >= 11 is 1.71. The average molecular weight is 521 g/mol. The van der Waals surface area contributed by atoms with Crippen molar-refractivity contribution in [2.75, 3.05) is 12.4 Å². The number of ether oxygens (including phenoxy) is 1. The van der Waals surface area contributed by atoms with Gasteiger partial charge in [-0.1, -0.05) is 74.0 Å². The molecular weight excluding hydrogens is 488 g/mol. The fourth-order valence-corrected chi connectivity index (χ4v) is 5.66. The van der Waals surface area contributed by atoms with Crippen molar-refractivity contribution in [3.05, 3.63) is 102 Å². The van der Waals surface area contributed by atoms with Crippen LogP contribution >= 0.6 is 11.8 Å². The maximum absolute atomic E-state index is 13.2. The van der Waals surface area contributed by atoms with Gasteiger partial charge in [0.1, 0.15) is 0 Å². The Kier molecular flexibility index (Phi) is 10.6. The van der Waals surface area contributed by atoms with Gasteiger partial charge in [-0.3, -0.25) is 0 Å². The fraction of sp³-hybridized carbons (Fsp3) is 0.233. The second-order valence-electron chi connectivity index (χ2n) is 8.47. The minimum Gasteiger partial charge on any atom is -0.462 e. The molecule has 3 aromatic carbocycles. The molecule has 0 aliphatic heterocycles. The van der Waals surface area contributed by atoms with E-state index in [2.05, 4.69) is 6.58 Å². The van der Waals surface area contributed by atoms with E-state index in [-0.39, 0.29) is 10.9 Å². The van der Waals surface area contributed by atoms with Crippen LogP contribution in [0.5, 0.6) is 0 Å². The molecule has 0 heterocycles. The number of unbranched alkanes of at least 4 members (excludes halogenated alkanes) is 3. The molecular formula is C30H32O4S2. The molecule has 0 radical (unpaired) electrons. The van der Waals surface area contributed by atoms with Crippen LogP contribution in [-0.2, 0) is 19.4 Å². The second-order valence-corrected chi connectivity index (χ2v) is 11.6. The molecule has 0 aliphatic carbocycles. The highest BCUT2D eigenvalue weighted by Crippen LogP contribution is 2.26. The monoisotopic (exact) mass is 520 g/mol. The number of carbonyl (C=O) groups is 1. The molecule has 0 aromatic heterocycles. The van der Waals surface area contributed by atoms with Crippen molar-refractivity contribution in [3.63, 3.8) is 0 Å². The number of rotatable bonds is 13. The summed E-state index contributed by atoms with van der Waals surface area (Å²) in [5.74, 6) is 0.622. The van der Waals surface area contributed by atoms with E-state index in [4.69, 9.17) is 4.74 Å². The first-order valence-electron chi connectivity index (χ1n) is 12.0. The largest absolute Gasteiger partial charge is 0.462 e. The molecule has 0 amide bonds. The molecule has 36 heavy (non-hydrogen) atoms. The van der Waals surface area contributed by atoms with Gasteiger partial charge in [-0.15, -0.1) is 11.8 Å². The lowest BCUT2D eigenvalue weighted by Gasteiger charge is -2.07. The molecule has 0 unspecified atom stereocenters. The molecule has 0 N–H and O–H groups in total. The van der Waals surface area contributed by atoms with Gasteiger partial charge in [0.2, 0.25) is 9.84 Å². The topological polar surface area (TPSA) is 60.4 Å². The molecule has 188 valence electrons. The third kappa shape index (κ3) is 8.54. The Morgan fingerprint density at radius 1 is 0.833 bits per heavy atom. The number of thioether (sulfide) groups is 1. The molecule has 0 bridgehead atoms. The minimum atomic E-state index is -3.60. The number of esters is 1. The van der Waals surface area contributed by atoms with Gasteiger partial charge in [0.05, 0.1) is 16.4 Å². The predicted octanol–water partition coefficient (Wildman–Crippen LogP) is 7.46. The summed E-state index contributed by atoms with van der Waals surface area (Å²) in [5, 5.41) is 0. The molecule has 0 aliphatic rings. The van der Waals surface area contributed by atoms with Gasteiger partial charge in [0, 0.05) is 10.5 Å². The smallest absolute Gasteiger partial charge is 0.333 e. The summed E-state index contributed by atoms with van der Waals surface area (Å²) in [6.07, 6.45) is 7.83. The predicted molar refractivity (Wildman–Crippen MR) is 149 cm³/mol.